The van der Waals surface area contributed by atoms with Crippen molar-refractivity contribution in [3.8, 4) is 0 Å². The first-order valence-electron chi connectivity index (χ1n) is 6.68. The highest BCUT2D eigenvalue weighted by atomic mass is 32.2. The van der Waals surface area contributed by atoms with Crippen molar-refractivity contribution in [1.29, 1.82) is 0 Å². The third-order valence-electron chi connectivity index (χ3n) is 3.67. The molecule has 0 spiro atoms. The monoisotopic (exact) mass is 327 g/mol. The van der Waals surface area contributed by atoms with Crippen LogP contribution in [-0.4, -0.2) is 26.0 Å². The summed E-state index contributed by atoms with van der Waals surface area (Å²) < 4.78 is 23.8. The molecule has 0 aliphatic carbocycles. The summed E-state index contributed by atoms with van der Waals surface area (Å²) in [7, 11) is -2.88. The molecule has 6 heteroatoms. The first-order chi connectivity index (χ1) is 9.67. The average molecular weight is 327 g/mol. The minimum atomic E-state index is -2.88. The number of rotatable bonds is 5. The molecular weight excluding hydrogens is 310 g/mol. The van der Waals surface area contributed by atoms with Crippen LogP contribution >= 0.6 is 22.7 Å². The van der Waals surface area contributed by atoms with E-state index in [-0.39, 0.29) is 11.3 Å². The second kappa shape index (κ2) is 5.97. The SMILES string of the molecule is O=S1(=O)CCCC1CNC(c1cccs1)c1cccs1. The van der Waals surface area contributed by atoms with Crippen LogP contribution in [0.4, 0.5) is 0 Å². The minimum Gasteiger partial charge on any atom is -0.304 e. The maximum atomic E-state index is 11.9. The predicted molar refractivity (Wildman–Crippen MR) is 85.3 cm³/mol. The Morgan fingerprint density at radius 1 is 1.20 bits per heavy atom. The van der Waals surface area contributed by atoms with Crippen molar-refractivity contribution in [2.75, 3.05) is 12.3 Å². The molecule has 0 aromatic carbocycles. The average Bonchev–Trinajstić information content (AvgIpc) is 3.13. The van der Waals surface area contributed by atoms with Crippen molar-refractivity contribution in [3.63, 3.8) is 0 Å². The maximum absolute atomic E-state index is 11.9. The smallest absolute Gasteiger partial charge is 0.154 e. The summed E-state index contributed by atoms with van der Waals surface area (Å²) in [6.07, 6.45) is 1.59. The summed E-state index contributed by atoms with van der Waals surface area (Å²) in [5.74, 6) is 0.349. The third-order valence-corrected chi connectivity index (χ3v) is 7.82. The lowest BCUT2D eigenvalue weighted by molar-refractivity contribution is 0.558. The molecule has 3 nitrogen and oxygen atoms in total. The van der Waals surface area contributed by atoms with Crippen molar-refractivity contribution in [1.82, 2.24) is 5.32 Å². The number of thiophene rings is 2. The molecule has 0 saturated carbocycles. The summed E-state index contributed by atoms with van der Waals surface area (Å²) in [6, 6.07) is 8.39. The maximum Gasteiger partial charge on any atom is 0.154 e. The van der Waals surface area contributed by atoms with E-state index in [0.29, 0.717) is 12.3 Å². The highest BCUT2D eigenvalue weighted by Gasteiger charge is 2.31. The van der Waals surface area contributed by atoms with Gasteiger partial charge in [-0.25, -0.2) is 8.42 Å². The van der Waals surface area contributed by atoms with Crippen molar-refractivity contribution in [3.05, 3.63) is 44.8 Å². The Hall–Kier alpha value is -0.690. The Kier molecular flexibility index (Phi) is 4.26. The molecule has 0 bridgehead atoms. The summed E-state index contributed by atoms with van der Waals surface area (Å²) >= 11 is 3.41. The first-order valence-corrected chi connectivity index (χ1v) is 10.2. The van der Waals surface area contributed by atoms with Crippen molar-refractivity contribution in [2.45, 2.75) is 24.1 Å². The van der Waals surface area contributed by atoms with Crippen LogP contribution in [0.1, 0.15) is 28.6 Å². The molecule has 2 aromatic heterocycles. The van der Waals surface area contributed by atoms with Crippen LogP contribution in [0.3, 0.4) is 0 Å². The van der Waals surface area contributed by atoms with Gasteiger partial charge in [0.1, 0.15) is 0 Å². The zero-order chi connectivity index (χ0) is 14.0. The first kappa shape index (κ1) is 14.3. The standard InChI is InChI=1S/C14H17NO2S3/c16-20(17)9-3-4-11(20)10-15-14(12-5-1-7-18-12)13-6-2-8-19-13/h1-2,5-8,11,14-15H,3-4,9-10H2. The van der Waals surface area contributed by atoms with Crippen molar-refractivity contribution in [2.24, 2.45) is 0 Å². The number of nitrogens with one attached hydrogen (secondary N) is 1. The normalized spacial score (nSPS) is 21.6. The van der Waals surface area contributed by atoms with Crippen molar-refractivity contribution < 1.29 is 8.42 Å². The second-order valence-corrected chi connectivity index (χ2v) is 9.36. The fraction of sp³-hybridized carbons (Fsp3) is 0.429. The summed E-state index contributed by atoms with van der Waals surface area (Å²) in [6.45, 7) is 0.544. The Bertz CT molecular complexity index is 598. The van der Waals surface area contributed by atoms with Crippen LogP contribution in [-0.2, 0) is 9.84 Å². The van der Waals surface area contributed by atoms with E-state index >= 15 is 0 Å². The highest BCUT2D eigenvalue weighted by molar-refractivity contribution is 7.92. The van der Waals surface area contributed by atoms with E-state index in [1.54, 1.807) is 22.7 Å². The topological polar surface area (TPSA) is 46.2 Å². The van der Waals surface area contributed by atoms with Crippen LogP contribution in [0, 0.1) is 0 Å². The molecule has 0 amide bonds. The molecule has 1 unspecified atom stereocenters. The highest BCUT2D eigenvalue weighted by Crippen LogP contribution is 2.30. The van der Waals surface area contributed by atoms with Crippen LogP contribution in [0.2, 0.25) is 0 Å². The van der Waals surface area contributed by atoms with Gasteiger partial charge in [0, 0.05) is 16.3 Å². The van der Waals surface area contributed by atoms with Gasteiger partial charge in [-0.15, -0.1) is 22.7 Å². The van der Waals surface area contributed by atoms with Gasteiger partial charge in [-0.3, -0.25) is 0 Å². The third kappa shape index (κ3) is 2.98. The molecule has 0 radical (unpaired) electrons. The Balaban J connectivity index is 1.75. The number of hydrogen-bond donors (Lipinski definition) is 1. The summed E-state index contributed by atoms with van der Waals surface area (Å²) in [4.78, 5) is 2.48. The molecule has 1 fully saturated rings. The van der Waals surface area contributed by atoms with Crippen LogP contribution in [0.15, 0.2) is 35.0 Å². The molecule has 1 aliphatic rings. The number of hydrogen-bond acceptors (Lipinski definition) is 5. The van der Waals surface area contributed by atoms with E-state index in [9.17, 15) is 8.42 Å². The van der Waals surface area contributed by atoms with E-state index in [1.165, 1.54) is 9.75 Å². The van der Waals surface area contributed by atoms with Gasteiger partial charge < -0.3 is 5.32 Å². The molecule has 108 valence electrons. The van der Waals surface area contributed by atoms with Gasteiger partial charge in [-0.05, 0) is 35.7 Å². The molecule has 2 aromatic rings. The Morgan fingerprint density at radius 2 is 1.85 bits per heavy atom. The Morgan fingerprint density at radius 3 is 2.30 bits per heavy atom. The lowest BCUT2D eigenvalue weighted by Gasteiger charge is -2.18. The molecule has 3 heterocycles. The van der Waals surface area contributed by atoms with Gasteiger partial charge in [-0.2, -0.15) is 0 Å². The fourth-order valence-electron chi connectivity index (χ4n) is 2.59. The predicted octanol–water partition coefficient (Wildman–Crippen LogP) is 3.07. The van der Waals surface area contributed by atoms with Crippen LogP contribution in [0.5, 0.6) is 0 Å². The second-order valence-electron chi connectivity index (χ2n) is 5.00. The van der Waals surface area contributed by atoms with Gasteiger partial charge in [0.15, 0.2) is 9.84 Å². The van der Waals surface area contributed by atoms with E-state index in [0.717, 1.165) is 12.8 Å². The minimum absolute atomic E-state index is 0.116. The fourth-order valence-corrected chi connectivity index (χ4v) is 6.08. The summed E-state index contributed by atoms with van der Waals surface area (Å²) in [5.41, 5.74) is 0. The molecule has 1 atom stereocenters. The number of sulfone groups is 1. The van der Waals surface area contributed by atoms with Gasteiger partial charge in [-0.1, -0.05) is 12.1 Å². The molecule has 20 heavy (non-hydrogen) atoms. The van der Waals surface area contributed by atoms with E-state index in [4.69, 9.17) is 0 Å². The lowest BCUT2D eigenvalue weighted by Crippen LogP contribution is -2.33. The van der Waals surface area contributed by atoms with Gasteiger partial charge in [0.25, 0.3) is 0 Å². The molecule has 3 rings (SSSR count). The van der Waals surface area contributed by atoms with Gasteiger partial charge in [0.2, 0.25) is 0 Å². The van der Waals surface area contributed by atoms with E-state index in [1.807, 2.05) is 12.1 Å². The zero-order valence-corrected chi connectivity index (χ0v) is 13.4. The van der Waals surface area contributed by atoms with Crippen molar-refractivity contribution >= 4 is 32.5 Å². The molecule has 1 aliphatic heterocycles. The van der Waals surface area contributed by atoms with E-state index in [2.05, 4.69) is 28.2 Å². The van der Waals surface area contributed by atoms with Gasteiger partial charge >= 0.3 is 0 Å². The molecular formula is C14H17NO2S3. The molecule has 1 N–H and O–H groups in total. The van der Waals surface area contributed by atoms with Crippen LogP contribution in [0.25, 0.3) is 0 Å². The largest absolute Gasteiger partial charge is 0.304 e. The van der Waals surface area contributed by atoms with E-state index < -0.39 is 9.84 Å². The zero-order valence-electron chi connectivity index (χ0n) is 11.0. The van der Waals surface area contributed by atoms with Crippen LogP contribution < -0.4 is 5.32 Å². The molecule has 1 saturated heterocycles. The quantitative estimate of drug-likeness (QED) is 0.918. The Labute approximate surface area is 127 Å². The lowest BCUT2D eigenvalue weighted by atomic mass is 10.2. The summed E-state index contributed by atoms with van der Waals surface area (Å²) in [5, 5.41) is 7.37. The van der Waals surface area contributed by atoms with Gasteiger partial charge in [0.05, 0.1) is 17.0 Å².